The van der Waals surface area contributed by atoms with Crippen LogP contribution in [0.15, 0.2) is 27.8 Å². The third kappa shape index (κ3) is 2.49. The van der Waals surface area contributed by atoms with Gasteiger partial charge < -0.3 is 0 Å². The molecule has 0 bridgehead atoms. The molecule has 2 N–H and O–H groups in total. The van der Waals surface area contributed by atoms with Gasteiger partial charge >= 0.3 is 0 Å². The number of hydroxylamine groups is 1. The minimum absolute atomic E-state index is 0.126. The predicted octanol–water partition coefficient (Wildman–Crippen LogP) is 2.40. The Morgan fingerprint density at radius 1 is 1.39 bits per heavy atom. The molecule has 0 unspecified atom stereocenters. The van der Waals surface area contributed by atoms with Crippen molar-refractivity contribution in [3.05, 3.63) is 40.2 Å². The van der Waals surface area contributed by atoms with Gasteiger partial charge in [-0.3, -0.25) is 10.7 Å². The number of nitrogens with one attached hydrogen (secondary N) is 1. The highest BCUT2D eigenvalue weighted by molar-refractivity contribution is 6.33. The molecule has 0 aliphatic heterocycles. The lowest BCUT2D eigenvalue weighted by atomic mass is 10.2. The fourth-order valence-electron chi connectivity index (χ4n) is 1.41. The van der Waals surface area contributed by atoms with Gasteiger partial charge in [-0.1, -0.05) is 22.8 Å². The van der Waals surface area contributed by atoms with Gasteiger partial charge in [0.15, 0.2) is 11.5 Å². The predicted molar refractivity (Wildman–Crippen MR) is 66.3 cm³/mol. The van der Waals surface area contributed by atoms with Crippen molar-refractivity contribution < 1.29 is 9.84 Å². The average Bonchev–Trinajstić information content (AvgIpc) is 2.77. The molecule has 94 valence electrons. The van der Waals surface area contributed by atoms with Crippen LogP contribution in [0.5, 0.6) is 0 Å². The Morgan fingerprint density at radius 2 is 2.17 bits per heavy atom. The number of aryl methyl sites for hydroxylation is 2. The van der Waals surface area contributed by atoms with E-state index in [1.54, 1.807) is 19.1 Å². The number of halogens is 1. The molecule has 1 aromatic carbocycles. The summed E-state index contributed by atoms with van der Waals surface area (Å²) in [7, 11) is 0. The van der Waals surface area contributed by atoms with Crippen LogP contribution in [-0.2, 0) is 0 Å². The van der Waals surface area contributed by atoms with E-state index < -0.39 is 0 Å². The molecule has 0 fully saturated rings. The van der Waals surface area contributed by atoms with E-state index in [1.807, 2.05) is 18.5 Å². The molecule has 18 heavy (non-hydrogen) atoms. The molecule has 0 atom stereocenters. The summed E-state index contributed by atoms with van der Waals surface area (Å²) in [6.45, 7) is 3.61. The van der Waals surface area contributed by atoms with Gasteiger partial charge in [0.1, 0.15) is 5.69 Å². The number of nitrogens with zero attached hydrogens (tertiary/aromatic N) is 3. The average molecular weight is 267 g/mol. The van der Waals surface area contributed by atoms with Crippen molar-refractivity contribution in [3.8, 4) is 0 Å². The molecule has 7 heteroatoms. The van der Waals surface area contributed by atoms with E-state index in [0.29, 0.717) is 22.1 Å². The second-order valence-electron chi connectivity index (χ2n) is 3.73. The van der Waals surface area contributed by atoms with Crippen LogP contribution in [-0.4, -0.2) is 21.4 Å². The molecule has 6 nitrogen and oxygen atoms in total. The topological polar surface area (TPSA) is 83.5 Å². The Bertz CT molecular complexity index is 594. The quantitative estimate of drug-likeness (QED) is 0.495. The standard InChI is InChI=1S/C11H11ClN4O2/c1-6-3-4-8(12)9(5-6)13-11(14-17)10-7(2)15-18-16-10/h3-5,17H,1-2H3,(H,13,14). The Balaban J connectivity index is 2.47. The number of aromatic nitrogens is 2. The van der Waals surface area contributed by atoms with Gasteiger partial charge in [0.05, 0.1) is 10.7 Å². The summed E-state index contributed by atoms with van der Waals surface area (Å²) >= 11 is 6.02. The summed E-state index contributed by atoms with van der Waals surface area (Å²) in [5, 5.41) is 16.9. The van der Waals surface area contributed by atoms with Crippen molar-refractivity contribution in [2.24, 2.45) is 4.99 Å². The van der Waals surface area contributed by atoms with Gasteiger partial charge in [-0.15, -0.1) is 0 Å². The minimum Gasteiger partial charge on any atom is -0.290 e. The van der Waals surface area contributed by atoms with Crippen LogP contribution in [0.3, 0.4) is 0 Å². The first kappa shape index (κ1) is 12.5. The van der Waals surface area contributed by atoms with Crippen LogP contribution in [0.2, 0.25) is 5.02 Å². The van der Waals surface area contributed by atoms with Crippen molar-refractivity contribution in [2.75, 3.05) is 0 Å². The van der Waals surface area contributed by atoms with E-state index in [-0.39, 0.29) is 5.84 Å². The molecule has 0 radical (unpaired) electrons. The van der Waals surface area contributed by atoms with Crippen molar-refractivity contribution in [2.45, 2.75) is 13.8 Å². The van der Waals surface area contributed by atoms with Crippen LogP contribution in [0.1, 0.15) is 17.0 Å². The third-order valence-electron chi connectivity index (χ3n) is 2.32. The van der Waals surface area contributed by atoms with Crippen LogP contribution < -0.4 is 5.48 Å². The zero-order valence-corrected chi connectivity index (χ0v) is 10.6. The number of hydrogen-bond acceptors (Lipinski definition) is 5. The lowest BCUT2D eigenvalue weighted by Crippen LogP contribution is -2.21. The molecule has 0 spiro atoms. The van der Waals surface area contributed by atoms with E-state index in [1.165, 1.54) is 0 Å². The molecule has 1 aromatic heterocycles. The monoisotopic (exact) mass is 266 g/mol. The van der Waals surface area contributed by atoms with Gasteiger partial charge in [-0.05, 0) is 36.7 Å². The molecular weight excluding hydrogens is 256 g/mol. The first-order valence-corrected chi connectivity index (χ1v) is 5.54. The minimum atomic E-state index is 0.126. The maximum absolute atomic E-state index is 9.11. The second kappa shape index (κ2) is 5.16. The maximum Gasteiger partial charge on any atom is 0.182 e. The van der Waals surface area contributed by atoms with E-state index in [4.69, 9.17) is 16.8 Å². The number of aliphatic imine (C=N–C) groups is 1. The molecule has 0 saturated carbocycles. The number of rotatable bonds is 2. The molecule has 2 rings (SSSR count). The van der Waals surface area contributed by atoms with Gasteiger partial charge in [0, 0.05) is 0 Å². The van der Waals surface area contributed by atoms with Gasteiger partial charge in [0.2, 0.25) is 0 Å². The highest BCUT2D eigenvalue weighted by atomic mass is 35.5. The number of amidine groups is 1. The van der Waals surface area contributed by atoms with Crippen LogP contribution in [0.25, 0.3) is 0 Å². The smallest absolute Gasteiger partial charge is 0.182 e. The summed E-state index contributed by atoms with van der Waals surface area (Å²) in [6, 6.07) is 5.40. The van der Waals surface area contributed by atoms with Crippen LogP contribution in [0, 0.1) is 13.8 Å². The Morgan fingerprint density at radius 3 is 2.78 bits per heavy atom. The Labute approximate surface area is 108 Å². The summed E-state index contributed by atoms with van der Waals surface area (Å²) in [5.74, 6) is 0.126. The third-order valence-corrected chi connectivity index (χ3v) is 2.64. The van der Waals surface area contributed by atoms with Crippen molar-refractivity contribution in [1.29, 1.82) is 0 Å². The fourth-order valence-corrected chi connectivity index (χ4v) is 1.57. The van der Waals surface area contributed by atoms with Gasteiger partial charge in [-0.2, -0.15) is 0 Å². The maximum atomic E-state index is 9.11. The first-order chi connectivity index (χ1) is 8.61. The zero-order valence-electron chi connectivity index (χ0n) is 9.81. The summed E-state index contributed by atoms with van der Waals surface area (Å²) in [5.41, 5.74) is 4.34. The SMILES string of the molecule is Cc1ccc(Cl)c(N=C(NO)c2nonc2C)c1. The summed E-state index contributed by atoms with van der Waals surface area (Å²) < 4.78 is 4.55. The molecule has 0 amide bonds. The van der Waals surface area contributed by atoms with Gasteiger partial charge in [0.25, 0.3) is 0 Å². The highest BCUT2D eigenvalue weighted by Crippen LogP contribution is 2.26. The largest absolute Gasteiger partial charge is 0.290 e. The Hall–Kier alpha value is -1.92. The van der Waals surface area contributed by atoms with Gasteiger partial charge in [-0.25, -0.2) is 9.62 Å². The van der Waals surface area contributed by atoms with E-state index >= 15 is 0 Å². The lowest BCUT2D eigenvalue weighted by molar-refractivity contribution is 0.234. The molecule has 1 heterocycles. The fraction of sp³-hybridized carbons (Fsp3) is 0.182. The highest BCUT2D eigenvalue weighted by Gasteiger charge is 2.13. The first-order valence-electron chi connectivity index (χ1n) is 5.16. The van der Waals surface area contributed by atoms with Crippen molar-refractivity contribution in [3.63, 3.8) is 0 Å². The number of hydrogen-bond donors (Lipinski definition) is 2. The van der Waals surface area contributed by atoms with E-state index in [0.717, 1.165) is 5.56 Å². The molecule has 0 aliphatic carbocycles. The zero-order chi connectivity index (χ0) is 13.1. The van der Waals surface area contributed by atoms with Crippen LogP contribution in [0.4, 0.5) is 5.69 Å². The van der Waals surface area contributed by atoms with E-state index in [9.17, 15) is 0 Å². The van der Waals surface area contributed by atoms with Crippen molar-refractivity contribution >= 4 is 23.1 Å². The second-order valence-corrected chi connectivity index (χ2v) is 4.13. The summed E-state index contributed by atoms with van der Waals surface area (Å²) in [6.07, 6.45) is 0. The van der Waals surface area contributed by atoms with Crippen LogP contribution >= 0.6 is 11.6 Å². The number of benzene rings is 1. The summed E-state index contributed by atoms with van der Waals surface area (Å²) in [4.78, 5) is 4.20. The Kier molecular flexibility index (Phi) is 3.59. The molecule has 0 saturated heterocycles. The molecule has 2 aromatic rings. The van der Waals surface area contributed by atoms with Crippen molar-refractivity contribution in [1.82, 2.24) is 15.8 Å². The normalized spacial score (nSPS) is 11.7. The molecule has 0 aliphatic rings. The lowest BCUT2D eigenvalue weighted by Gasteiger charge is -2.04. The molecular formula is C11H11ClN4O2. The van der Waals surface area contributed by atoms with E-state index in [2.05, 4.69) is 19.9 Å².